The largest absolute Gasteiger partial charge is 0.394 e. The maximum Gasteiger partial charge on any atom is 0.160 e. The van der Waals surface area contributed by atoms with Crippen LogP contribution in [0.5, 0.6) is 0 Å². The molecule has 7 nitrogen and oxygen atoms in total. The van der Waals surface area contributed by atoms with Crippen molar-refractivity contribution in [1.82, 2.24) is 4.90 Å². The molecule has 0 radical (unpaired) electrons. The first-order valence-electron chi connectivity index (χ1n) is 5.56. The molecule has 2 unspecified atom stereocenters. The van der Waals surface area contributed by atoms with E-state index in [9.17, 15) is 10.2 Å². The van der Waals surface area contributed by atoms with Crippen molar-refractivity contribution in [3.05, 3.63) is 11.8 Å². The first-order chi connectivity index (χ1) is 8.11. The molecule has 0 saturated carbocycles. The van der Waals surface area contributed by atoms with Gasteiger partial charge in [0, 0.05) is 18.2 Å². The summed E-state index contributed by atoms with van der Waals surface area (Å²) in [4.78, 5) is 5.96. The van der Waals surface area contributed by atoms with Crippen molar-refractivity contribution in [2.24, 2.45) is 10.7 Å². The van der Waals surface area contributed by atoms with E-state index in [1.165, 1.54) is 0 Å². The van der Waals surface area contributed by atoms with Gasteiger partial charge in [0.1, 0.15) is 30.3 Å². The fraction of sp³-hybridized carbons (Fsp3) is 0.700. The maximum atomic E-state index is 9.88. The Morgan fingerprint density at radius 3 is 2.61 bits per heavy atom. The Labute approximate surface area is 103 Å². The summed E-state index contributed by atoms with van der Waals surface area (Å²) in [6.45, 7) is -0.324. The number of rotatable bonds is 2. The van der Waals surface area contributed by atoms with Crippen molar-refractivity contribution >= 4 is 5.84 Å². The van der Waals surface area contributed by atoms with Gasteiger partial charge >= 0.3 is 0 Å². The highest BCUT2D eigenvalue weighted by Gasteiger charge is 2.48. The molecule has 0 spiro atoms. The van der Waals surface area contributed by atoms with E-state index in [0.717, 1.165) is 5.57 Å². The molecule has 3 rings (SSSR count). The van der Waals surface area contributed by atoms with Crippen LogP contribution in [0.4, 0.5) is 4.70 Å². The van der Waals surface area contributed by atoms with Gasteiger partial charge in [0.05, 0.1) is 6.61 Å². The van der Waals surface area contributed by atoms with E-state index in [4.69, 9.17) is 15.6 Å². The number of nitrogens with zero attached hydrogens (tertiary/aromatic N) is 2. The molecule has 3 aliphatic rings. The van der Waals surface area contributed by atoms with Gasteiger partial charge in [0.15, 0.2) is 6.23 Å². The molecule has 0 aromatic heterocycles. The number of fused-ring (bicyclic) bond motifs is 2. The third kappa shape index (κ3) is 1.69. The maximum absolute atomic E-state index is 9.88. The van der Waals surface area contributed by atoms with Crippen molar-refractivity contribution in [3.8, 4) is 0 Å². The molecule has 1 fully saturated rings. The van der Waals surface area contributed by atoms with Gasteiger partial charge in [-0.3, -0.25) is 4.70 Å². The molecular weight excluding hydrogens is 245 g/mol. The molecule has 0 aliphatic carbocycles. The van der Waals surface area contributed by atoms with E-state index in [1.807, 2.05) is 0 Å². The Hall–Kier alpha value is -1.22. The van der Waals surface area contributed by atoms with Crippen molar-refractivity contribution < 1.29 is 24.8 Å². The normalized spacial score (nSPS) is 41.7. The lowest BCUT2D eigenvalue weighted by molar-refractivity contribution is -0.0880. The zero-order chi connectivity index (χ0) is 12.2. The number of hydrogen-bond donors (Lipinski definition) is 4. The third-order valence-corrected chi connectivity index (χ3v) is 3.48. The number of aliphatic hydroxyl groups excluding tert-OH is 3. The van der Waals surface area contributed by atoms with Crippen LogP contribution < -0.4 is 5.73 Å². The van der Waals surface area contributed by atoms with Crippen molar-refractivity contribution in [2.75, 3.05) is 6.61 Å². The van der Waals surface area contributed by atoms with Crippen LogP contribution in [0.3, 0.4) is 0 Å². The summed E-state index contributed by atoms with van der Waals surface area (Å²) in [7, 11) is 0. The van der Waals surface area contributed by atoms with E-state index in [-0.39, 0.29) is 17.5 Å². The summed E-state index contributed by atoms with van der Waals surface area (Å²) in [5, 5.41) is 28.6. The minimum atomic E-state index is -1.08. The number of ether oxygens (including phenoxy) is 1. The molecule has 5 atom stereocenters. The van der Waals surface area contributed by atoms with E-state index >= 15 is 0 Å². The lowest BCUT2D eigenvalue weighted by atomic mass is 10.1. The fourth-order valence-electron chi connectivity index (χ4n) is 2.52. The second kappa shape index (κ2) is 4.47. The highest BCUT2D eigenvalue weighted by molar-refractivity contribution is 5.99. The van der Waals surface area contributed by atoms with Crippen LogP contribution in [-0.4, -0.2) is 63.4 Å². The molecule has 0 amide bonds. The summed E-state index contributed by atoms with van der Waals surface area (Å²) < 4.78 is 5.43. The van der Waals surface area contributed by atoms with Gasteiger partial charge in [0.25, 0.3) is 0 Å². The summed E-state index contributed by atoms with van der Waals surface area (Å²) in [5.74, 6) is 0.526. The second-order valence-electron chi connectivity index (χ2n) is 4.53. The van der Waals surface area contributed by atoms with Crippen LogP contribution in [0.2, 0.25) is 0 Å². The third-order valence-electron chi connectivity index (χ3n) is 3.48. The van der Waals surface area contributed by atoms with Gasteiger partial charge in [-0.05, 0) is 0 Å². The van der Waals surface area contributed by atoms with Crippen LogP contribution in [0.25, 0.3) is 0 Å². The average molecular weight is 261 g/mol. The molecule has 2 bridgehead atoms. The average Bonchev–Trinajstić information content (AvgIpc) is 2.94. The predicted octanol–water partition coefficient (Wildman–Crippen LogP) is -2.14. The second-order valence-corrected chi connectivity index (χ2v) is 4.53. The number of amidine groups is 1. The van der Waals surface area contributed by atoms with Gasteiger partial charge in [-0.25, -0.2) is 4.99 Å². The number of aliphatic imine (C=N–C) groups is 1. The van der Waals surface area contributed by atoms with Gasteiger partial charge in [-0.1, -0.05) is 0 Å². The van der Waals surface area contributed by atoms with E-state index < -0.39 is 24.5 Å². The minimum absolute atomic E-state index is 0. The van der Waals surface area contributed by atoms with Gasteiger partial charge in [0.2, 0.25) is 0 Å². The number of nitrogens with two attached hydrogens (primary N) is 1. The highest BCUT2D eigenvalue weighted by Crippen LogP contribution is 2.35. The summed E-state index contributed by atoms with van der Waals surface area (Å²) in [6, 6.07) is 0. The quantitative estimate of drug-likeness (QED) is 0.451. The van der Waals surface area contributed by atoms with Crippen LogP contribution in [0, 0.1) is 0 Å². The molecule has 3 aliphatic heterocycles. The molecule has 0 aromatic carbocycles. The standard InChI is InChI=1S/C10H15N3O4.FH/c11-9-4-1-6(12-9)13(2-4)10-8(16)7(15)5(3-14)17-10;/h2,5-8,10,14-16H,1,3H2,(H2,11,12);1H/t5-,6?,7-,8-,10?;/m1./s1. The SMILES string of the molecule is F.NC1=NC2CC1=CN2C1O[C@H](CO)[C@@H](O)[C@H]1O. The molecule has 3 heterocycles. The van der Waals surface area contributed by atoms with Crippen molar-refractivity contribution in [1.29, 1.82) is 0 Å². The molecular formula is C10H16FN3O4. The first kappa shape index (κ1) is 13.2. The van der Waals surface area contributed by atoms with Crippen LogP contribution in [-0.2, 0) is 4.74 Å². The molecule has 1 saturated heterocycles. The number of halogens is 1. The molecule has 8 heteroatoms. The number of hydrogen-bond acceptors (Lipinski definition) is 7. The van der Waals surface area contributed by atoms with Crippen LogP contribution in [0.1, 0.15) is 6.42 Å². The Balaban J connectivity index is 0.00000120. The molecule has 102 valence electrons. The van der Waals surface area contributed by atoms with Gasteiger partial charge in [-0.15, -0.1) is 0 Å². The summed E-state index contributed by atoms with van der Waals surface area (Å²) >= 11 is 0. The van der Waals surface area contributed by atoms with E-state index in [0.29, 0.717) is 12.3 Å². The Morgan fingerprint density at radius 1 is 1.44 bits per heavy atom. The van der Waals surface area contributed by atoms with Gasteiger partial charge < -0.3 is 30.7 Å². The van der Waals surface area contributed by atoms with Crippen molar-refractivity contribution in [2.45, 2.75) is 37.1 Å². The zero-order valence-corrected chi connectivity index (χ0v) is 9.51. The number of aliphatic hydroxyl groups is 3. The first-order valence-corrected chi connectivity index (χ1v) is 5.56. The van der Waals surface area contributed by atoms with Crippen molar-refractivity contribution in [3.63, 3.8) is 0 Å². The monoisotopic (exact) mass is 261 g/mol. The molecule has 5 N–H and O–H groups in total. The minimum Gasteiger partial charge on any atom is -0.394 e. The highest BCUT2D eigenvalue weighted by atomic mass is 19.0. The predicted molar refractivity (Wildman–Crippen MR) is 60.2 cm³/mol. The Morgan fingerprint density at radius 2 is 2.17 bits per heavy atom. The van der Waals surface area contributed by atoms with E-state index in [2.05, 4.69) is 4.99 Å². The lowest BCUT2D eigenvalue weighted by Gasteiger charge is -2.30. The van der Waals surface area contributed by atoms with Crippen LogP contribution in [0.15, 0.2) is 16.8 Å². The van der Waals surface area contributed by atoms with E-state index in [1.54, 1.807) is 11.1 Å². The fourth-order valence-corrected chi connectivity index (χ4v) is 2.52. The summed E-state index contributed by atoms with van der Waals surface area (Å²) in [6.07, 6.45) is -1.22. The molecule has 0 aromatic rings. The Kier molecular flexibility index (Phi) is 3.28. The smallest absolute Gasteiger partial charge is 0.160 e. The Bertz CT molecular complexity index is 403. The zero-order valence-electron chi connectivity index (χ0n) is 9.51. The topological polar surface area (TPSA) is 112 Å². The summed E-state index contributed by atoms with van der Waals surface area (Å²) in [5.41, 5.74) is 6.58. The molecule has 18 heavy (non-hydrogen) atoms. The van der Waals surface area contributed by atoms with Gasteiger partial charge in [-0.2, -0.15) is 0 Å². The lowest BCUT2D eigenvalue weighted by Crippen LogP contribution is -2.44. The van der Waals surface area contributed by atoms with Crippen LogP contribution >= 0.6 is 0 Å².